The van der Waals surface area contributed by atoms with Gasteiger partial charge in [-0.3, -0.25) is 4.79 Å². The van der Waals surface area contributed by atoms with E-state index in [1.165, 1.54) is 17.1 Å². The van der Waals surface area contributed by atoms with Gasteiger partial charge in [-0.25, -0.2) is 4.79 Å². The lowest BCUT2D eigenvalue weighted by molar-refractivity contribution is -0.114. The van der Waals surface area contributed by atoms with Crippen molar-refractivity contribution in [2.75, 3.05) is 23.0 Å². The molecule has 2 aromatic rings. The highest BCUT2D eigenvalue weighted by Gasteiger charge is 2.29. The maximum Gasteiger partial charge on any atom is 0.337 e. The minimum atomic E-state index is -1.16. The van der Waals surface area contributed by atoms with E-state index in [0.717, 1.165) is 24.3 Å². The number of carbonyl (C=O) groups is 2. The predicted molar refractivity (Wildman–Crippen MR) is 117 cm³/mol. The molecule has 0 aliphatic carbocycles. The molecule has 0 radical (unpaired) electrons. The van der Waals surface area contributed by atoms with Crippen molar-refractivity contribution in [1.29, 1.82) is 0 Å². The van der Waals surface area contributed by atoms with Crippen LogP contribution in [-0.2, 0) is 4.79 Å². The molecule has 0 saturated heterocycles. The third kappa shape index (κ3) is 4.17. The number of carboxylic acids is 1. The first-order valence-electron chi connectivity index (χ1n) is 9.35. The van der Waals surface area contributed by atoms with Gasteiger partial charge < -0.3 is 10.0 Å². The highest BCUT2D eigenvalue weighted by molar-refractivity contribution is 6.34. The van der Waals surface area contributed by atoms with Crippen molar-refractivity contribution in [2.24, 2.45) is 5.10 Å². The van der Waals surface area contributed by atoms with Gasteiger partial charge in [0.25, 0.3) is 5.91 Å². The van der Waals surface area contributed by atoms with Crippen molar-refractivity contribution in [3.63, 3.8) is 0 Å². The molecule has 2 aromatic carbocycles. The summed E-state index contributed by atoms with van der Waals surface area (Å²) in [6.07, 6.45) is 1.79. The number of nitrogens with zero attached hydrogens (tertiary/aromatic N) is 3. The van der Waals surface area contributed by atoms with Gasteiger partial charge in [0.1, 0.15) is 0 Å². The van der Waals surface area contributed by atoms with Crippen molar-refractivity contribution in [3.05, 3.63) is 64.2 Å². The number of hydrogen-bond donors (Lipinski definition) is 1. The fraction of sp³-hybridized carbons (Fsp3) is 0.227. The Balaban J connectivity index is 1.88. The molecule has 1 amide bonds. The lowest BCUT2D eigenvalue weighted by Crippen LogP contribution is -2.22. The van der Waals surface area contributed by atoms with Crippen LogP contribution in [0.4, 0.5) is 11.4 Å². The molecule has 1 N–H and O–H groups in total. The Morgan fingerprint density at radius 1 is 1.17 bits per heavy atom. The van der Waals surface area contributed by atoms with Gasteiger partial charge in [0.2, 0.25) is 0 Å². The zero-order chi connectivity index (χ0) is 21.1. The Bertz CT molecular complexity index is 1010. The van der Waals surface area contributed by atoms with Crippen LogP contribution in [0, 0.1) is 0 Å². The Hall–Kier alpha value is -3.12. The van der Waals surface area contributed by atoms with Crippen LogP contribution in [0.1, 0.15) is 36.7 Å². The maximum atomic E-state index is 12.9. The highest BCUT2D eigenvalue weighted by Crippen LogP contribution is 2.29. The van der Waals surface area contributed by atoms with Gasteiger partial charge in [0.15, 0.2) is 0 Å². The lowest BCUT2D eigenvalue weighted by atomic mass is 10.1. The number of hydrazone groups is 1. The molecule has 0 unspecified atom stereocenters. The first kappa shape index (κ1) is 20.6. The summed E-state index contributed by atoms with van der Waals surface area (Å²) in [5.41, 5.74) is 3.33. The molecular weight excluding hydrogens is 390 g/mol. The molecular formula is C22H22ClN3O3. The molecule has 3 rings (SSSR count). The van der Waals surface area contributed by atoms with Crippen LogP contribution in [-0.4, -0.2) is 35.8 Å². The normalized spacial score (nSPS) is 15.0. The second-order valence-electron chi connectivity index (χ2n) is 6.59. The molecule has 1 aliphatic rings. The van der Waals surface area contributed by atoms with Crippen molar-refractivity contribution < 1.29 is 14.7 Å². The van der Waals surface area contributed by atoms with E-state index in [0.29, 0.717) is 17.0 Å². The largest absolute Gasteiger partial charge is 0.478 e. The number of halogens is 1. The first-order chi connectivity index (χ1) is 13.8. The Morgan fingerprint density at radius 3 is 2.41 bits per heavy atom. The van der Waals surface area contributed by atoms with Crippen LogP contribution in [0.2, 0.25) is 5.02 Å². The summed E-state index contributed by atoms with van der Waals surface area (Å²) in [5, 5.41) is 14.9. The minimum absolute atomic E-state index is 0.0748. The summed E-state index contributed by atoms with van der Waals surface area (Å²) in [6.45, 7) is 7.82. The first-order valence-corrected chi connectivity index (χ1v) is 9.73. The summed E-state index contributed by atoms with van der Waals surface area (Å²) in [7, 11) is 0. The van der Waals surface area contributed by atoms with Gasteiger partial charge in [-0.15, -0.1) is 0 Å². The Labute approximate surface area is 174 Å². The second kappa shape index (κ2) is 8.49. The molecule has 7 heteroatoms. The molecule has 150 valence electrons. The van der Waals surface area contributed by atoms with Gasteiger partial charge in [0, 0.05) is 18.8 Å². The van der Waals surface area contributed by atoms with E-state index in [9.17, 15) is 14.7 Å². The molecule has 0 atom stereocenters. The van der Waals surface area contributed by atoms with Crippen LogP contribution < -0.4 is 9.91 Å². The SMILES string of the molecule is CCN(CC)c1ccc(/C=C2\C(=O)N(c3ccc(Cl)c(C(=O)O)c3)N=C2C)cc1. The van der Waals surface area contributed by atoms with Gasteiger partial charge in [-0.05, 0) is 62.7 Å². The van der Waals surface area contributed by atoms with Gasteiger partial charge in [0.05, 0.1) is 27.6 Å². The van der Waals surface area contributed by atoms with E-state index in [1.54, 1.807) is 19.1 Å². The zero-order valence-corrected chi connectivity index (χ0v) is 17.3. The third-order valence-electron chi connectivity index (χ3n) is 4.82. The maximum absolute atomic E-state index is 12.9. The number of anilines is 2. The van der Waals surface area contributed by atoms with Crippen LogP contribution in [0.15, 0.2) is 53.1 Å². The molecule has 0 spiro atoms. The van der Waals surface area contributed by atoms with E-state index in [2.05, 4.69) is 23.8 Å². The lowest BCUT2D eigenvalue weighted by Gasteiger charge is -2.20. The monoisotopic (exact) mass is 411 g/mol. The number of rotatable bonds is 6. The fourth-order valence-corrected chi connectivity index (χ4v) is 3.40. The van der Waals surface area contributed by atoms with Crippen molar-refractivity contribution >= 4 is 46.6 Å². The van der Waals surface area contributed by atoms with E-state index in [4.69, 9.17) is 11.6 Å². The zero-order valence-electron chi connectivity index (χ0n) is 16.5. The summed E-state index contributed by atoms with van der Waals surface area (Å²) >= 11 is 5.92. The number of amides is 1. The summed E-state index contributed by atoms with van der Waals surface area (Å²) in [4.78, 5) is 26.5. The summed E-state index contributed by atoms with van der Waals surface area (Å²) in [6, 6.07) is 12.4. The number of aromatic carboxylic acids is 1. The fourth-order valence-electron chi connectivity index (χ4n) is 3.20. The molecule has 6 nitrogen and oxygen atoms in total. The van der Waals surface area contributed by atoms with Crippen LogP contribution in [0.25, 0.3) is 6.08 Å². The standard InChI is InChI=1S/C22H22ClN3O3/c1-4-25(5-2)16-8-6-15(7-9-16)12-18-14(3)24-26(21(18)27)17-10-11-20(23)19(13-17)22(28)29/h6-13H,4-5H2,1-3H3,(H,28,29)/b18-12-. The number of carbonyl (C=O) groups excluding carboxylic acids is 1. The van der Waals surface area contributed by atoms with E-state index in [1.807, 2.05) is 24.3 Å². The quantitative estimate of drug-likeness (QED) is 0.700. The molecule has 0 saturated carbocycles. The van der Waals surface area contributed by atoms with Crippen LogP contribution in [0.3, 0.4) is 0 Å². The molecule has 1 aliphatic heterocycles. The van der Waals surface area contributed by atoms with Crippen LogP contribution >= 0.6 is 11.6 Å². The summed E-state index contributed by atoms with van der Waals surface area (Å²) in [5.74, 6) is -1.47. The average molecular weight is 412 g/mol. The van der Waals surface area contributed by atoms with Crippen LogP contribution in [0.5, 0.6) is 0 Å². The average Bonchev–Trinajstić information content (AvgIpc) is 2.98. The predicted octanol–water partition coefficient (Wildman–Crippen LogP) is 4.69. The Morgan fingerprint density at radius 2 is 1.83 bits per heavy atom. The second-order valence-corrected chi connectivity index (χ2v) is 7.00. The Kier molecular flexibility index (Phi) is 6.03. The van der Waals surface area contributed by atoms with Gasteiger partial charge >= 0.3 is 5.97 Å². The molecule has 0 fully saturated rings. The number of hydrogen-bond acceptors (Lipinski definition) is 4. The number of carboxylic acid groups (broad SMARTS) is 1. The molecule has 0 bridgehead atoms. The summed E-state index contributed by atoms with van der Waals surface area (Å²) < 4.78 is 0. The van der Waals surface area contributed by atoms with Gasteiger partial charge in [-0.2, -0.15) is 10.1 Å². The van der Waals surface area contributed by atoms with Gasteiger partial charge in [-0.1, -0.05) is 23.7 Å². The molecule has 1 heterocycles. The van der Waals surface area contributed by atoms with Crippen molar-refractivity contribution in [2.45, 2.75) is 20.8 Å². The minimum Gasteiger partial charge on any atom is -0.478 e. The highest BCUT2D eigenvalue weighted by atomic mass is 35.5. The number of benzene rings is 2. The molecule has 0 aromatic heterocycles. The van der Waals surface area contributed by atoms with E-state index < -0.39 is 5.97 Å². The van der Waals surface area contributed by atoms with Crippen molar-refractivity contribution in [1.82, 2.24) is 0 Å². The third-order valence-corrected chi connectivity index (χ3v) is 5.15. The molecule has 29 heavy (non-hydrogen) atoms. The van der Waals surface area contributed by atoms with Crippen molar-refractivity contribution in [3.8, 4) is 0 Å². The topological polar surface area (TPSA) is 73.2 Å². The smallest absolute Gasteiger partial charge is 0.337 e. The van der Waals surface area contributed by atoms with E-state index >= 15 is 0 Å². The van der Waals surface area contributed by atoms with E-state index in [-0.39, 0.29) is 16.5 Å².